The minimum atomic E-state index is 0.556. The molecule has 96 valence electrons. The van der Waals surface area contributed by atoms with Crippen molar-refractivity contribution in [2.75, 3.05) is 13.2 Å². The van der Waals surface area contributed by atoms with Gasteiger partial charge < -0.3 is 10.1 Å². The van der Waals surface area contributed by atoms with Gasteiger partial charge in [-0.1, -0.05) is 20.8 Å². The maximum absolute atomic E-state index is 5.68. The molecule has 2 unspecified atom stereocenters. The van der Waals surface area contributed by atoms with Gasteiger partial charge in [-0.3, -0.25) is 0 Å². The van der Waals surface area contributed by atoms with E-state index in [9.17, 15) is 0 Å². The molecule has 1 saturated heterocycles. The van der Waals surface area contributed by atoms with Crippen LogP contribution in [0.4, 0.5) is 0 Å². The van der Waals surface area contributed by atoms with Crippen molar-refractivity contribution in [1.29, 1.82) is 0 Å². The molecule has 0 aromatic rings. The Morgan fingerprint density at radius 1 is 1.25 bits per heavy atom. The van der Waals surface area contributed by atoms with E-state index in [4.69, 9.17) is 4.74 Å². The van der Waals surface area contributed by atoms with Gasteiger partial charge in [-0.2, -0.15) is 0 Å². The second kappa shape index (κ2) is 8.08. The van der Waals surface area contributed by atoms with Crippen LogP contribution in [0.2, 0.25) is 0 Å². The monoisotopic (exact) mass is 227 g/mol. The minimum absolute atomic E-state index is 0.556. The number of ether oxygens (including phenoxy) is 1. The highest BCUT2D eigenvalue weighted by Gasteiger charge is 2.17. The molecule has 0 amide bonds. The van der Waals surface area contributed by atoms with Crippen molar-refractivity contribution in [1.82, 2.24) is 5.32 Å². The Morgan fingerprint density at radius 2 is 2.06 bits per heavy atom. The van der Waals surface area contributed by atoms with Crippen LogP contribution in [0.25, 0.3) is 0 Å². The van der Waals surface area contributed by atoms with Gasteiger partial charge in [0.2, 0.25) is 0 Å². The zero-order chi connectivity index (χ0) is 11.8. The third-order valence-corrected chi connectivity index (χ3v) is 3.45. The maximum atomic E-state index is 5.68. The number of hydrogen-bond acceptors (Lipinski definition) is 2. The quantitative estimate of drug-likeness (QED) is 0.686. The van der Waals surface area contributed by atoms with Crippen LogP contribution in [0.1, 0.15) is 59.3 Å². The van der Waals surface area contributed by atoms with Gasteiger partial charge in [-0.05, 0) is 51.0 Å². The van der Waals surface area contributed by atoms with Gasteiger partial charge in [0.05, 0.1) is 6.10 Å². The molecule has 1 heterocycles. The highest BCUT2D eigenvalue weighted by molar-refractivity contribution is 4.72. The van der Waals surface area contributed by atoms with Crippen LogP contribution in [0.5, 0.6) is 0 Å². The summed E-state index contributed by atoms with van der Waals surface area (Å²) in [6.45, 7) is 8.90. The summed E-state index contributed by atoms with van der Waals surface area (Å²) < 4.78 is 5.68. The number of rotatable bonds is 8. The van der Waals surface area contributed by atoms with E-state index in [2.05, 4.69) is 26.1 Å². The normalized spacial score (nSPS) is 22.9. The lowest BCUT2D eigenvalue weighted by atomic mass is 9.98. The number of hydrogen-bond donors (Lipinski definition) is 1. The average Bonchev–Trinajstić information content (AvgIpc) is 2.75. The molecule has 1 fully saturated rings. The fourth-order valence-corrected chi connectivity index (χ4v) is 2.43. The van der Waals surface area contributed by atoms with E-state index in [0.717, 1.165) is 19.1 Å². The highest BCUT2D eigenvalue weighted by atomic mass is 16.5. The van der Waals surface area contributed by atoms with Crippen LogP contribution in [-0.4, -0.2) is 25.3 Å². The largest absolute Gasteiger partial charge is 0.378 e. The molecule has 0 saturated carbocycles. The summed E-state index contributed by atoms with van der Waals surface area (Å²) in [5.41, 5.74) is 0. The van der Waals surface area contributed by atoms with Gasteiger partial charge in [0, 0.05) is 12.6 Å². The van der Waals surface area contributed by atoms with Crippen molar-refractivity contribution in [2.24, 2.45) is 5.92 Å². The average molecular weight is 227 g/mol. The molecule has 2 atom stereocenters. The Kier molecular flexibility index (Phi) is 7.06. The van der Waals surface area contributed by atoms with Crippen molar-refractivity contribution in [2.45, 2.75) is 71.4 Å². The summed E-state index contributed by atoms with van der Waals surface area (Å²) >= 11 is 0. The Hall–Kier alpha value is -0.0800. The first kappa shape index (κ1) is 14.0. The summed E-state index contributed by atoms with van der Waals surface area (Å²) in [6.07, 6.45) is 8.29. The van der Waals surface area contributed by atoms with E-state index in [0.29, 0.717) is 12.1 Å². The Labute approximate surface area is 101 Å². The van der Waals surface area contributed by atoms with E-state index < -0.39 is 0 Å². The molecule has 1 aliphatic heterocycles. The molecule has 0 aliphatic carbocycles. The first-order chi connectivity index (χ1) is 7.72. The van der Waals surface area contributed by atoms with Gasteiger partial charge >= 0.3 is 0 Å². The lowest BCUT2D eigenvalue weighted by Gasteiger charge is -2.20. The fourth-order valence-electron chi connectivity index (χ4n) is 2.43. The predicted octanol–water partition coefficient (Wildman–Crippen LogP) is 3.36. The van der Waals surface area contributed by atoms with E-state index in [1.54, 1.807) is 0 Å². The predicted molar refractivity (Wildman–Crippen MR) is 69.7 cm³/mol. The Balaban J connectivity index is 2.15. The third kappa shape index (κ3) is 5.86. The van der Waals surface area contributed by atoms with Gasteiger partial charge in [-0.25, -0.2) is 0 Å². The molecule has 1 aliphatic rings. The summed E-state index contributed by atoms with van der Waals surface area (Å²) in [5, 5.41) is 3.61. The Bertz CT molecular complexity index is 164. The lowest BCUT2D eigenvalue weighted by molar-refractivity contribution is 0.0991. The highest BCUT2D eigenvalue weighted by Crippen LogP contribution is 2.19. The smallest absolute Gasteiger partial charge is 0.0576 e. The van der Waals surface area contributed by atoms with Crippen molar-refractivity contribution >= 4 is 0 Å². The van der Waals surface area contributed by atoms with Gasteiger partial charge in [0.1, 0.15) is 0 Å². The molecule has 16 heavy (non-hydrogen) atoms. The molecular formula is C14H29NO. The van der Waals surface area contributed by atoms with Crippen LogP contribution in [-0.2, 0) is 4.74 Å². The molecule has 1 N–H and O–H groups in total. The van der Waals surface area contributed by atoms with Gasteiger partial charge in [0.15, 0.2) is 0 Å². The first-order valence-corrected chi connectivity index (χ1v) is 7.07. The van der Waals surface area contributed by atoms with Crippen molar-refractivity contribution in [3.05, 3.63) is 0 Å². The van der Waals surface area contributed by atoms with Crippen molar-refractivity contribution in [3.63, 3.8) is 0 Å². The van der Waals surface area contributed by atoms with E-state index in [-0.39, 0.29) is 0 Å². The zero-order valence-corrected chi connectivity index (χ0v) is 11.3. The lowest BCUT2D eigenvalue weighted by Crippen LogP contribution is -2.30. The summed E-state index contributed by atoms with van der Waals surface area (Å²) in [4.78, 5) is 0. The molecule has 0 bridgehead atoms. The second-order valence-corrected chi connectivity index (χ2v) is 5.44. The molecule has 0 aromatic carbocycles. The summed E-state index contributed by atoms with van der Waals surface area (Å²) in [5.74, 6) is 0.823. The van der Waals surface area contributed by atoms with Crippen LogP contribution >= 0.6 is 0 Å². The fraction of sp³-hybridized carbons (Fsp3) is 1.00. The second-order valence-electron chi connectivity index (χ2n) is 5.44. The minimum Gasteiger partial charge on any atom is -0.378 e. The van der Waals surface area contributed by atoms with E-state index in [1.807, 2.05) is 0 Å². The van der Waals surface area contributed by atoms with Crippen LogP contribution in [0, 0.1) is 5.92 Å². The van der Waals surface area contributed by atoms with Gasteiger partial charge in [-0.15, -0.1) is 0 Å². The zero-order valence-electron chi connectivity index (χ0n) is 11.3. The third-order valence-electron chi connectivity index (χ3n) is 3.45. The molecular weight excluding hydrogens is 198 g/mol. The summed E-state index contributed by atoms with van der Waals surface area (Å²) in [6, 6.07) is 0.705. The van der Waals surface area contributed by atoms with Crippen LogP contribution < -0.4 is 5.32 Å². The van der Waals surface area contributed by atoms with Crippen LogP contribution in [0.3, 0.4) is 0 Å². The van der Waals surface area contributed by atoms with E-state index in [1.165, 1.54) is 38.5 Å². The van der Waals surface area contributed by atoms with Crippen molar-refractivity contribution < 1.29 is 4.74 Å². The molecule has 2 heteroatoms. The molecule has 1 rings (SSSR count). The number of nitrogens with one attached hydrogen (secondary N) is 1. The molecule has 0 radical (unpaired) electrons. The molecule has 0 spiro atoms. The van der Waals surface area contributed by atoms with Crippen LogP contribution in [0.15, 0.2) is 0 Å². The first-order valence-electron chi connectivity index (χ1n) is 7.07. The van der Waals surface area contributed by atoms with Gasteiger partial charge in [0.25, 0.3) is 0 Å². The topological polar surface area (TPSA) is 21.3 Å². The standard InChI is InChI=1S/C14H29NO/c1-4-15-13(8-7-12(2)3)9-10-14-6-5-11-16-14/h12-15H,4-11H2,1-3H3. The Morgan fingerprint density at radius 3 is 2.62 bits per heavy atom. The SMILES string of the molecule is CCNC(CCC(C)C)CCC1CCCO1. The van der Waals surface area contributed by atoms with E-state index >= 15 is 0 Å². The molecule has 0 aromatic heterocycles. The summed E-state index contributed by atoms with van der Waals surface area (Å²) in [7, 11) is 0. The maximum Gasteiger partial charge on any atom is 0.0576 e. The van der Waals surface area contributed by atoms with Crippen molar-refractivity contribution in [3.8, 4) is 0 Å². The molecule has 2 nitrogen and oxygen atoms in total.